The zero-order valence-corrected chi connectivity index (χ0v) is 16.5. The number of anilines is 1. The SMILES string of the molecule is O=C1NN(c2ccccc2)C(=O)C1=Cc1cccc([N+](=O)[O-])c1OCc1cccc(F)c1. The van der Waals surface area contributed by atoms with E-state index in [0.717, 1.165) is 5.01 Å². The normalized spacial score (nSPS) is 14.5. The largest absolute Gasteiger partial charge is 0.482 e. The van der Waals surface area contributed by atoms with E-state index in [1.165, 1.54) is 42.5 Å². The number of ether oxygens (including phenoxy) is 1. The minimum absolute atomic E-state index is 0.131. The Hall–Kier alpha value is -4.53. The quantitative estimate of drug-likeness (QED) is 0.276. The lowest BCUT2D eigenvalue weighted by molar-refractivity contribution is -0.386. The summed E-state index contributed by atoms with van der Waals surface area (Å²) in [6.07, 6.45) is 1.24. The smallest absolute Gasteiger partial charge is 0.311 e. The van der Waals surface area contributed by atoms with Crippen LogP contribution in [0.1, 0.15) is 11.1 Å². The van der Waals surface area contributed by atoms with Crippen molar-refractivity contribution in [1.82, 2.24) is 5.43 Å². The fourth-order valence-corrected chi connectivity index (χ4v) is 3.21. The summed E-state index contributed by atoms with van der Waals surface area (Å²) >= 11 is 0. The average Bonchev–Trinajstić information content (AvgIpc) is 3.07. The molecule has 0 aliphatic carbocycles. The number of halogens is 1. The molecule has 3 aromatic carbocycles. The monoisotopic (exact) mass is 433 g/mol. The number of nitro groups is 1. The maximum atomic E-state index is 13.5. The van der Waals surface area contributed by atoms with Crippen LogP contribution in [0, 0.1) is 15.9 Å². The number of nitro benzene ring substituents is 1. The standard InChI is InChI=1S/C23H16FN3O5/c24-17-8-4-6-15(12-17)14-32-21-16(7-5-11-20(21)27(30)31)13-19-22(28)25-26(23(19)29)18-9-2-1-3-10-18/h1-13H,14H2,(H,25,28). The third-order valence-electron chi connectivity index (χ3n) is 4.70. The highest BCUT2D eigenvalue weighted by Gasteiger charge is 2.35. The summed E-state index contributed by atoms with van der Waals surface area (Å²) in [6, 6.07) is 18.3. The van der Waals surface area contributed by atoms with E-state index in [-0.39, 0.29) is 29.2 Å². The third kappa shape index (κ3) is 4.17. The predicted octanol–water partition coefficient (Wildman–Crippen LogP) is 3.77. The van der Waals surface area contributed by atoms with Gasteiger partial charge >= 0.3 is 5.69 Å². The number of rotatable bonds is 6. The number of para-hydroxylation sites is 2. The third-order valence-corrected chi connectivity index (χ3v) is 4.70. The Kier molecular flexibility index (Phi) is 5.63. The molecule has 32 heavy (non-hydrogen) atoms. The molecule has 0 saturated carbocycles. The number of nitrogens with one attached hydrogen (secondary N) is 1. The average molecular weight is 433 g/mol. The Morgan fingerprint density at radius 2 is 1.78 bits per heavy atom. The summed E-state index contributed by atoms with van der Waals surface area (Å²) in [5.41, 5.74) is 3.03. The van der Waals surface area contributed by atoms with Gasteiger partial charge in [0.1, 0.15) is 18.0 Å². The highest BCUT2D eigenvalue weighted by molar-refractivity contribution is 6.31. The number of carbonyl (C=O) groups excluding carboxylic acids is 2. The van der Waals surface area contributed by atoms with Gasteiger partial charge in [-0.3, -0.25) is 25.1 Å². The van der Waals surface area contributed by atoms with Crippen molar-refractivity contribution < 1.29 is 23.6 Å². The van der Waals surface area contributed by atoms with Gasteiger partial charge in [0.05, 0.1) is 10.6 Å². The Balaban J connectivity index is 1.69. The van der Waals surface area contributed by atoms with Crippen LogP contribution in [-0.4, -0.2) is 16.7 Å². The van der Waals surface area contributed by atoms with Crippen molar-refractivity contribution in [2.24, 2.45) is 0 Å². The van der Waals surface area contributed by atoms with Crippen LogP contribution in [0.4, 0.5) is 15.8 Å². The molecule has 1 aliphatic rings. The van der Waals surface area contributed by atoms with E-state index in [0.29, 0.717) is 11.3 Å². The van der Waals surface area contributed by atoms with E-state index in [1.807, 2.05) is 0 Å². The molecule has 0 bridgehead atoms. The first-order chi connectivity index (χ1) is 15.4. The van der Waals surface area contributed by atoms with Crippen LogP contribution in [-0.2, 0) is 16.2 Å². The van der Waals surface area contributed by atoms with Crippen molar-refractivity contribution in [2.45, 2.75) is 6.61 Å². The Labute approximate surface area is 181 Å². The number of benzene rings is 3. The molecule has 8 nitrogen and oxygen atoms in total. The fraction of sp³-hybridized carbons (Fsp3) is 0.0435. The zero-order valence-electron chi connectivity index (χ0n) is 16.5. The molecule has 1 N–H and O–H groups in total. The molecule has 1 fully saturated rings. The molecular formula is C23H16FN3O5. The molecule has 1 heterocycles. The highest BCUT2D eigenvalue weighted by Crippen LogP contribution is 2.34. The van der Waals surface area contributed by atoms with E-state index in [4.69, 9.17) is 4.74 Å². The molecule has 2 amide bonds. The number of hydrogen-bond donors (Lipinski definition) is 1. The molecule has 0 radical (unpaired) electrons. The second-order valence-electron chi connectivity index (χ2n) is 6.85. The maximum absolute atomic E-state index is 13.5. The molecule has 160 valence electrons. The van der Waals surface area contributed by atoms with Crippen molar-refractivity contribution >= 4 is 29.3 Å². The van der Waals surface area contributed by atoms with E-state index in [9.17, 15) is 24.1 Å². The Bertz CT molecular complexity index is 1240. The predicted molar refractivity (Wildman–Crippen MR) is 114 cm³/mol. The molecular weight excluding hydrogens is 417 g/mol. The summed E-state index contributed by atoms with van der Waals surface area (Å²) in [7, 11) is 0. The van der Waals surface area contributed by atoms with Crippen molar-refractivity contribution in [3.05, 3.63) is 105 Å². The van der Waals surface area contributed by atoms with Gasteiger partial charge in [-0.2, -0.15) is 0 Å². The zero-order chi connectivity index (χ0) is 22.7. The first kappa shape index (κ1) is 20.7. The van der Waals surface area contributed by atoms with Gasteiger partial charge in [-0.15, -0.1) is 0 Å². The molecule has 0 spiro atoms. The van der Waals surface area contributed by atoms with E-state index >= 15 is 0 Å². The number of nitrogens with zero attached hydrogens (tertiary/aromatic N) is 2. The summed E-state index contributed by atoms with van der Waals surface area (Å²) in [5.74, 6) is -1.86. The summed E-state index contributed by atoms with van der Waals surface area (Å²) < 4.78 is 19.1. The van der Waals surface area contributed by atoms with Gasteiger partial charge in [0.25, 0.3) is 11.8 Å². The number of amides is 2. The summed E-state index contributed by atoms with van der Waals surface area (Å²) in [6.45, 7) is -0.144. The minimum atomic E-state index is -0.651. The van der Waals surface area contributed by atoms with Crippen LogP contribution in [0.15, 0.2) is 78.4 Å². The fourth-order valence-electron chi connectivity index (χ4n) is 3.21. The number of hydrogen-bond acceptors (Lipinski definition) is 5. The van der Waals surface area contributed by atoms with Gasteiger partial charge in [0.2, 0.25) is 5.75 Å². The number of carbonyl (C=O) groups is 2. The first-order valence-electron chi connectivity index (χ1n) is 9.51. The minimum Gasteiger partial charge on any atom is -0.482 e. The molecule has 0 atom stereocenters. The van der Waals surface area contributed by atoms with Crippen molar-refractivity contribution in [3.63, 3.8) is 0 Å². The molecule has 0 unspecified atom stereocenters. The molecule has 0 aromatic heterocycles. The molecule has 4 rings (SSSR count). The van der Waals surface area contributed by atoms with E-state index in [1.54, 1.807) is 36.4 Å². The van der Waals surface area contributed by atoms with Gasteiger partial charge < -0.3 is 4.74 Å². The van der Waals surface area contributed by atoms with Crippen LogP contribution >= 0.6 is 0 Å². The van der Waals surface area contributed by atoms with Gasteiger partial charge in [0, 0.05) is 11.6 Å². The summed E-state index contributed by atoms with van der Waals surface area (Å²) in [4.78, 5) is 36.2. The maximum Gasteiger partial charge on any atom is 0.311 e. The second-order valence-corrected chi connectivity index (χ2v) is 6.85. The highest BCUT2D eigenvalue weighted by atomic mass is 19.1. The lowest BCUT2D eigenvalue weighted by atomic mass is 10.1. The van der Waals surface area contributed by atoms with Crippen LogP contribution in [0.25, 0.3) is 6.08 Å². The lowest BCUT2D eigenvalue weighted by Crippen LogP contribution is -2.35. The van der Waals surface area contributed by atoms with Crippen LogP contribution in [0.3, 0.4) is 0 Å². The molecule has 3 aromatic rings. The van der Waals surface area contributed by atoms with Crippen LogP contribution in [0.2, 0.25) is 0 Å². The van der Waals surface area contributed by atoms with Crippen molar-refractivity contribution in [3.8, 4) is 5.75 Å². The van der Waals surface area contributed by atoms with Crippen LogP contribution in [0.5, 0.6) is 5.75 Å². The van der Waals surface area contributed by atoms with Gasteiger partial charge in [-0.05, 0) is 35.9 Å². The first-order valence-corrected chi connectivity index (χ1v) is 9.51. The van der Waals surface area contributed by atoms with Gasteiger partial charge in [0.15, 0.2) is 0 Å². The second kappa shape index (κ2) is 8.68. The van der Waals surface area contributed by atoms with E-state index < -0.39 is 22.6 Å². The topological polar surface area (TPSA) is 102 Å². The Morgan fingerprint density at radius 3 is 2.50 bits per heavy atom. The molecule has 1 saturated heterocycles. The van der Waals surface area contributed by atoms with Gasteiger partial charge in [-0.25, -0.2) is 9.40 Å². The lowest BCUT2D eigenvalue weighted by Gasteiger charge is -2.14. The van der Waals surface area contributed by atoms with Gasteiger partial charge in [-0.1, -0.05) is 42.5 Å². The van der Waals surface area contributed by atoms with E-state index in [2.05, 4.69) is 5.43 Å². The van der Waals surface area contributed by atoms with Crippen LogP contribution < -0.4 is 15.2 Å². The van der Waals surface area contributed by atoms with Crippen molar-refractivity contribution in [1.29, 1.82) is 0 Å². The number of hydrazine groups is 1. The molecule has 1 aliphatic heterocycles. The molecule has 9 heteroatoms. The summed E-state index contributed by atoms with van der Waals surface area (Å²) in [5, 5.41) is 12.6. The Morgan fingerprint density at radius 1 is 1.03 bits per heavy atom. The van der Waals surface area contributed by atoms with Crippen molar-refractivity contribution in [2.75, 3.05) is 5.01 Å².